The first kappa shape index (κ1) is 14.8. The summed E-state index contributed by atoms with van der Waals surface area (Å²) in [6.07, 6.45) is 11.5. The fourth-order valence-corrected chi connectivity index (χ4v) is 4.60. The van der Waals surface area contributed by atoms with Gasteiger partial charge in [0, 0.05) is 38.8 Å². The molecule has 2 saturated carbocycles. The number of hydrogen-bond acceptors (Lipinski definition) is 3. The van der Waals surface area contributed by atoms with Crippen molar-refractivity contribution in [2.45, 2.75) is 57.4 Å². The maximum Gasteiger partial charge on any atom is 0.0113 e. The Balaban J connectivity index is 1.36. The molecule has 116 valence electrons. The third kappa shape index (κ3) is 3.75. The molecule has 0 aromatic heterocycles. The Morgan fingerprint density at radius 1 is 0.750 bits per heavy atom. The van der Waals surface area contributed by atoms with E-state index in [1.54, 1.807) is 0 Å². The third-order valence-corrected chi connectivity index (χ3v) is 6.06. The van der Waals surface area contributed by atoms with Crippen LogP contribution in [0.15, 0.2) is 0 Å². The van der Waals surface area contributed by atoms with Gasteiger partial charge in [-0.2, -0.15) is 0 Å². The molecule has 3 fully saturated rings. The van der Waals surface area contributed by atoms with Gasteiger partial charge in [-0.05, 0) is 56.9 Å². The van der Waals surface area contributed by atoms with E-state index in [1.165, 1.54) is 84.1 Å². The van der Waals surface area contributed by atoms with Crippen molar-refractivity contribution in [2.75, 3.05) is 39.3 Å². The number of hydrogen-bond donors (Lipinski definition) is 1. The highest BCUT2D eigenvalue weighted by molar-refractivity contribution is 4.83. The van der Waals surface area contributed by atoms with Gasteiger partial charge in [0.1, 0.15) is 0 Å². The van der Waals surface area contributed by atoms with E-state index in [4.69, 9.17) is 5.73 Å². The SMILES string of the molecule is NCC1CCC(CN2CCN(C3CCCC3)CC2)CC1. The van der Waals surface area contributed by atoms with Crippen LogP contribution in [0.4, 0.5) is 0 Å². The number of rotatable bonds is 4. The molecule has 1 aliphatic heterocycles. The molecular weight excluding hydrogens is 246 g/mol. The van der Waals surface area contributed by atoms with Gasteiger partial charge in [-0.15, -0.1) is 0 Å². The van der Waals surface area contributed by atoms with Crippen molar-refractivity contribution in [3.05, 3.63) is 0 Å². The standard InChI is InChI=1S/C17H33N3/c18-13-15-5-7-16(8-6-15)14-19-9-11-20(12-10-19)17-3-1-2-4-17/h15-17H,1-14,18H2. The largest absolute Gasteiger partial charge is 0.330 e. The summed E-state index contributed by atoms with van der Waals surface area (Å²) < 4.78 is 0. The van der Waals surface area contributed by atoms with Crippen molar-refractivity contribution in [1.29, 1.82) is 0 Å². The molecule has 3 nitrogen and oxygen atoms in total. The summed E-state index contributed by atoms with van der Waals surface area (Å²) in [4.78, 5) is 5.51. The predicted octanol–water partition coefficient (Wildman–Crippen LogP) is 2.31. The Morgan fingerprint density at radius 2 is 1.35 bits per heavy atom. The molecule has 0 unspecified atom stereocenters. The van der Waals surface area contributed by atoms with Gasteiger partial charge in [-0.3, -0.25) is 4.90 Å². The Kier molecular flexibility index (Phi) is 5.36. The van der Waals surface area contributed by atoms with Crippen LogP contribution >= 0.6 is 0 Å². The van der Waals surface area contributed by atoms with Gasteiger partial charge in [-0.25, -0.2) is 0 Å². The van der Waals surface area contributed by atoms with Crippen LogP contribution in [0, 0.1) is 11.8 Å². The smallest absolute Gasteiger partial charge is 0.0113 e. The van der Waals surface area contributed by atoms with Gasteiger partial charge in [0.15, 0.2) is 0 Å². The highest BCUT2D eigenvalue weighted by Crippen LogP contribution is 2.29. The number of nitrogens with zero attached hydrogens (tertiary/aromatic N) is 2. The molecule has 0 aromatic rings. The maximum absolute atomic E-state index is 5.79. The quantitative estimate of drug-likeness (QED) is 0.857. The Bertz CT molecular complexity index is 272. The van der Waals surface area contributed by atoms with Gasteiger partial charge in [0.05, 0.1) is 0 Å². The lowest BCUT2D eigenvalue weighted by atomic mass is 9.82. The molecular formula is C17H33N3. The molecule has 1 saturated heterocycles. The summed E-state index contributed by atoms with van der Waals surface area (Å²) in [5.74, 6) is 1.78. The average Bonchev–Trinajstić information content (AvgIpc) is 3.03. The van der Waals surface area contributed by atoms with E-state index in [2.05, 4.69) is 9.80 Å². The summed E-state index contributed by atoms with van der Waals surface area (Å²) in [7, 11) is 0. The molecule has 0 aromatic carbocycles. The summed E-state index contributed by atoms with van der Waals surface area (Å²) in [5, 5.41) is 0. The fourth-order valence-electron chi connectivity index (χ4n) is 4.60. The minimum Gasteiger partial charge on any atom is -0.330 e. The molecule has 3 aliphatic rings. The Hall–Kier alpha value is -0.120. The monoisotopic (exact) mass is 279 g/mol. The first-order valence-electron chi connectivity index (χ1n) is 9.01. The molecule has 2 N–H and O–H groups in total. The zero-order valence-electron chi connectivity index (χ0n) is 13.1. The van der Waals surface area contributed by atoms with E-state index in [0.29, 0.717) is 0 Å². The highest BCUT2D eigenvalue weighted by Gasteiger charge is 2.28. The van der Waals surface area contributed by atoms with Crippen LogP contribution in [-0.2, 0) is 0 Å². The van der Waals surface area contributed by atoms with E-state index in [0.717, 1.165) is 24.4 Å². The van der Waals surface area contributed by atoms with Crippen molar-refractivity contribution in [1.82, 2.24) is 9.80 Å². The van der Waals surface area contributed by atoms with Crippen LogP contribution in [0.3, 0.4) is 0 Å². The molecule has 0 amide bonds. The maximum atomic E-state index is 5.79. The van der Waals surface area contributed by atoms with E-state index in [-0.39, 0.29) is 0 Å². The second-order valence-corrected chi connectivity index (χ2v) is 7.40. The van der Waals surface area contributed by atoms with E-state index in [9.17, 15) is 0 Å². The van der Waals surface area contributed by atoms with Gasteiger partial charge >= 0.3 is 0 Å². The second kappa shape index (κ2) is 7.24. The van der Waals surface area contributed by atoms with Crippen LogP contribution in [0.25, 0.3) is 0 Å². The molecule has 0 radical (unpaired) electrons. The molecule has 1 heterocycles. The topological polar surface area (TPSA) is 32.5 Å². The van der Waals surface area contributed by atoms with Gasteiger partial charge < -0.3 is 10.6 Å². The molecule has 3 rings (SSSR count). The second-order valence-electron chi connectivity index (χ2n) is 7.40. The Labute approximate surface area is 124 Å². The number of piperazine rings is 1. The summed E-state index contributed by atoms with van der Waals surface area (Å²) in [6, 6.07) is 0.928. The van der Waals surface area contributed by atoms with Crippen molar-refractivity contribution in [3.8, 4) is 0 Å². The van der Waals surface area contributed by atoms with Crippen molar-refractivity contribution in [3.63, 3.8) is 0 Å². The average molecular weight is 279 g/mol. The molecule has 20 heavy (non-hydrogen) atoms. The van der Waals surface area contributed by atoms with E-state index in [1.807, 2.05) is 0 Å². The van der Waals surface area contributed by atoms with Crippen molar-refractivity contribution < 1.29 is 0 Å². The minimum atomic E-state index is 0.825. The first-order valence-corrected chi connectivity index (χ1v) is 9.01. The molecule has 0 spiro atoms. The van der Waals surface area contributed by atoms with Crippen LogP contribution < -0.4 is 5.73 Å². The lowest BCUT2D eigenvalue weighted by molar-refractivity contribution is 0.0797. The van der Waals surface area contributed by atoms with Crippen LogP contribution in [0.5, 0.6) is 0 Å². The van der Waals surface area contributed by atoms with Crippen molar-refractivity contribution >= 4 is 0 Å². The van der Waals surface area contributed by atoms with Gasteiger partial charge in [0.2, 0.25) is 0 Å². The van der Waals surface area contributed by atoms with Gasteiger partial charge in [0.25, 0.3) is 0 Å². The van der Waals surface area contributed by atoms with E-state index < -0.39 is 0 Å². The third-order valence-electron chi connectivity index (χ3n) is 6.06. The van der Waals surface area contributed by atoms with Crippen LogP contribution in [-0.4, -0.2) is 55.1 Å². The first-order chi connectivity index (χ1) is 9.85. The number of nitrogens with two attached hydrogens (primary N) is 1. The zero-order valence-corrected chi connectivity index (χ0v) is 13.1. The minimum absolute atomic E-state index is 0.825. The predicted molar refractivity (Wildman–Crippen MR) is 84.8 cm³/mol. The summed E-state index contributed by atoms with van der Waals surface area (Å²) >= 11 is 0. The summed E-state index contributed by atoms with van der Waals surface area (Å²) in [6.45, 7) is 7.54. The van der Waals surface area contributed by atoms with Crippen LogP contribution in [0.1, 0.15) is 51.4 Å². The fraction of sp³-hybridized carbons (Fsp3) is 1.00. The Morgan fingerprint density at radius 3 is 1.95 bits per heavy atom. The zero-order chi connectivity index (χ0) is 13.8. The van der Waals surface area contributed by atoms with Crippen LogP contribution in [0.2, 0.25) is 0 Å². The summed E-state index contributed by atoms with van der Waals surface area (Å²) in [5.41, 5.74) is 5.79. The van der Waals surface area contributed by atoms with E-state index >= 15 is 0 Å². The van der Waals surface area contributed by atoms with Gasteiger partial charge in [-0.1, -0.05) is 12.8 Å². The lowest BCUT2D eigenvalue weighted by Crippen LogP contribution is -2.50. The molecule has 2 aliphatic carbocycles. The molecule has 3 heteroatoms. The van der Waals surface area contributed by atoms with Crippen molar-refractivity contribution in [2.24, 2.45) is 17.6 Å². The molecule has 0 atom stereocenters. The lowest BCUT2D eigenvalue weighted by Gasteiger charge is -2.40. The molecule has 0 bridgehead atoms. The highest BCUT2D eigenvalue weighted by atomic mass is 15.3. The normalized spacial score (nSPS) is 34.6.